The number of nitrogens with zero attached hydrogens (tertiary/aromatic N) is 1. The molecule has 2 aliphatic heterocycles. The maximum absolute atomic E-state index is 3.67. The fraction of sp³-hybridized carbons (Fsp3) is 0.556. The van der Waals surface area contributed by atoms with Gasteiger partial charge in [0.05, 0.1) is 6.54 Å². The second-order valence-electron chi connectivity index (χ2n) is 6.01. The molecule has 2 nitrogen and oxygen atoms in total. The van der Waals surface area contributed by atoms with Gasteiger partial charge in [-0.1, -0.05) is 30.0 Å². The van der Waals surface area contributed by atoms with E-state index in [1.54, 1.807) is 0 Å². The Labute approximate surface area is 122 Å². The SMILES string of the molecule is C(#Cc1ccccc1)CN1CCCC(C2CCCN2)C1. The van der Waals surface area contributed by atoms with Crippen LogP contribution in [-0.2, 0) is 0 Å². The molecule has 2 heteroatoms. The highest BCUT2D eigenvalue weighted by molar-refractivity contribution is 5.33. The van der Waals surface area contributed by atoms with E-state index in [1.807, 2.05) is 18.2 Å². The van der Waals surface area contributed by atoms with Crippen molar-refractivity contribution in [3.05, 3.63) is 35.9 Å². The average Bonchev–Trinajstić information content (AvgIpc) is 3.03. The molecule has 3 rings (SSSR count). The third kappa shape index (κ3) is 3.62. The van der Waals surface area contributed by atoms with Gasteiger partial charge in [0.25, 0.3) is 0 Å². The fourth-order valence-corrected chi connectivity index (χ4v) is 3.45. The number of benzene rings is 1. The Morgan fingerprint density at radius 1 is 1.15 bits per heavy atom. The molecule has 2 heterocycles. The molecule has 20 heavy (non-hydrogen) atoms. The fourth-order valence-electron chi connectivity index (χ4n) is 3.45. The van der Waals surface area contributed by atoms with Crippen LogP contribution in [0.5, 0.6) is 0 Å². The molecule has 1 aromatic rings. The van der Waals surface area contributed by atoms with Gasteiger partial charge < -0.3 is 5.32 Å². The molecule has 1 N–H and O–H groups in total. The van der Waals surface area contributed by atoms with Gasteiger partial charge in [0.1, 0.15) is 0 Å². The zero-order chi connectivity index (χ0) is 13.6. The molecule has 0 aliphatic carbocycles. The molecule has 106 valence electrons. The molecule has 1 aromatic carbocycles. The summed E-state index contributed by atoms with van der Waals surface area (Å²) in [6, 6.07) is 11.1. The Hall–Kier alpha value is -1.30. The second kappa shape index (κ2) is 6.92. The molecule has 0 spiro atoms. The lowest BCUT2D eigenvalue weighted by Crippen LogP contribution is -2.43. The first kappa shape index (κ1) is 13.7. The van der Waals surface area contributed by atoms with E-state index in [0.29, 0.717) is 0 Å². The number of rotatable bonds is 2. The molecule has 2 unspecified atom stereocenters. The van der Waals surface area contributed by atoms with Crippen molar-refractivity contribution in [1.82, 2.24) is 10.2 Å². The topological polar surface area (TPSA) is 15.3 Å². The van der Waals surface area contributed by atoms with Crippen molar-refractivity contribution < 1.29 is 0 Å². The van der Waals surface area contributed by atoms with Crippen molar-refractivity contribution in [2.45, 2.75) is 31.7 Å². The number of likely N-dealkylation sites (tertiary alicyclic amines) is 1. The van der Waals surface area contributed by atoms with Gasteiger partial charge in [-0.25, -0.2) is 0 Å². The van der Waals surface area contributed by atoms with Crippen LogP contribution in [0.2, 0.25) is 0 Å². The lowest BCUT2D eigenvalue weighted by molar-refractivity contribution is 0.167. The lowest BCUT2D eigenvalue weighted by atomic mass is 9.90. The van der Waals surface area contributed by atoms with Crippen LogP contribution in [0.1, 0.15) is 31.2 Å². The standard InChI is InChI=1S/C18H24N2/c1-2-7-16(8-3-1)9-5-13-20-14-6-10-17(15-20)18-11-4-12-19-18/h1-3,7-8,17-19H,4,6,10-15H2. The van der Waals surface area contributed by atoms with Crippen LogP contribution in [0.3, 0.4) is 0 Å². The molecular formula is C18H24N2. The van der Waals surface area contributed by atoms with Gasteiger partial charge >= 0.3 is 0 Å². The van der Waals surface area contributed by atoms with Gasteiger partial charge in [0, 0.05) is 18.2 Å². The molecule has 0 amide bonds. The minimum atomic E-state index is 0.764. The quantitative estimate of drug-likeness (QED) is 0.829. The van der Waals surface area contributed by atoms with Crippen molar-refractivity contribution in [2.75, 3.05) is 26.2 Å². The van der Waals surface area contributed by atoms with E-state index < -0.39 is 0 Å². The minimum absolute atomic E-state index is 0.764. The Bertz CT molecular complexity index is 465. The van der Waals surface area contributed by atoms with Crippen LogP contribution in [0, 0.1) is 17.8 Å². The highest BCUT2D eigenvalue weighted by Crippen LogP contribution is 2.24. The first-order chi connectivity index (χ1) is 9.92. The Morgan fingerprint density at radius 3 is 2.85 bits per heavy atom. The second-order valence-corrected chi connectivity index (χ2v) is 6.01. The van der Waals surface area contributed by atoms with Gasteiger partial charge in [-0.3, -0.25) is 4.90 Å². The van der Waals surface area contributed by atoms with E-state index >= 15 is 0 Å². The first-order valence-electron chi connectivity index (χ1n) is 7.91. The highest BCUT2D eigenvalue weighted by Gasteiger charge is 2.28. The van der Waals surface area contributed by atoms with Crippen molar-refractivity contribution in [3.63, 3.8) is 0 Å². The third-order valence-electron chi connectivity index (χ3n) is 4.52. The van der Waals surface area contributed by atoms with E-state index in [4.69, 9.17) is 0 Å². The molecule has 2 fully saturated rings. The highest BCUT2D eigenvalue weighted by atomic mass is 15.1. The summed E-state index contributed by atoms with van der Waals surface area (Å²) < 4.78 is 0. The zero-order valence-electron chi connectivity index (χ0n) is 12.1. The van der Waals surface area contributed by atoms with Crippen molar-refractivity contribution in [1.29, 1.82) is 0 Å². The molecule has 2 aliphatic rings. The summed E-state index contributed by atoms with van der Waals surface area (Å²) in [5, 5.41) is 3.67. The van der Waals surface area contributed by atoms with E-state index in [2.05, 4.69) is 34.2 Å². The third-order valence-corrected chi connectivity index (χ3v) is 4.52. The van der Waals surface area contributed by atoms with Gasteiger partial charge in [-0.05, 0) is 56.8 Å². The average molecular weight is 268 g/mol. The summed E-state index contributed by atoms with van der Waals surface area (Å²) in [5.74, 6) is 7.44. The minimum Gasteiger partial charge on any atom is -0.314 e. The van der Waals surface area contributed by atoms with Gasteiger partial charge in [-0.15, -0.1) is 0 Å². The summed E-state index contributed by atoms with van der Waals surface area (Å²) in [7, 11) is 0. The lowest BCUT2D eigenvalue weighted by Gasteiger charge is -2.34. The largest absolute Gasteiger partial charge is 0.314 e. The number of hydrogen-bond donors (Lipinski definition) is 1. The van der Waals surface area contributed by atoms with Crippen LogP contribution >= 0.6 is 0 Å². The van der Waals surface area contributed by atoms with E-state index in [0.717, 1.165) is 24.1 Å². The summed E-state index contributed by atoms with van der Waals surface area (Å²) >= 11 is 0. The maximum atomic E-state index is 3.67. The molecule has 0 aromatic heterocycles. The van der Waals surface area contributed by atoms with E-state index in [9.17, 15) is 0 Å². The predicted molar refractivity (Wildman–Crippen MR) is 83.5 cm³/mol. The monoisotopic (exact) mass is 268 g/mol. The number of hydrogen-bond acceptors (Lipinski definition) is 2. The number of nitrogens with one attached hydrogen (secondary N) is 1. The molecule has 0 bridgehead atoms. The van der Waals surface area contributed by atoms with Crippen molar-refractivity contribution >= 4 is 0 Å². The van der Waals surface area contributed by atoms with Gasteiger partial charge in [0.2, 0.25) is 0 Å². The Balaban J connectivity index is 1.51. The molecule has 0 saturated carbocycles. The molecule has 0 radical (unpaired) electrons. The summed E-state index contributed by atoms with van der Waals surface area (Å²) in [6.45, 7) is 4.57. The molecule has 2 saturated heterocycles. The van der Waals surface area contributed by atoms with E-state index in [-0.39, 0.29) is 0 Å². The normalized spacial score (nSPS) is 27.0. The Morgan fingerprint density at radius 2 is 2.05 bits per heavy atom. The summed E-state index contributed by atoms with van der Waals surface area (Å²) in [5.41, 5.74) is 1.12. The summed E-state index contributed by atoms with van der Waals surface area (Å²) in [4.78, 5) is 2.53. The van der Waals surface area contributed by atoms with Crippen LogP contribution in [0.25, 0.3) is 0 Å². The molecular weight excluding hydrogens is 244 g/mol. The van der Waals surface area contributed by atoms with Gasteiger partial charge in [0.15, 0.2) is 0 Å². The van der Waals surface area contributed by atoms with Crippen LogP contribution in [0.15, 0.2) is 30.3 Å². The van der Waals surface area contributed by atoms with Crippen LogP contribution in [0.4, 0.5) is 0 Å². The van der Waals surface area contributed by atoms with Crippen molar-refractivity contribution in [3.8, 4) is 11.8 Å². The van der Waals surface area contributed by atoms with Crippen molar-refractivity contribution in [2.24, 2.45) is 5.92 Å². The van der Waals surface area contributed by atoms with Crippen LogP contribution in [-0.4, -0.2) is 37.1 Å². The zero-order valence-corrected chi connectivity index (χ0v) is 12.1. The smallest absolute Gasteiger partial charge is 0.0605 e. The van der Waals surface area contributed by atoms with E-state index in [1.165, 1.54) is 45.3 Å². The maximum Gasteiger partial charge on any atom is 0.0605 e. The first-order valence-corrected chi connectivity index (χ1v) is 7.91. The number of piperidine rings is 1. The van der Waals surface area contributed by atoms with Gasteiger partial charge in [-0.2, -0.15) is 0 Å². The van der Waals surface area contributed by atoms with Crippen LogP contribution < -0.4 is 5.32 Å². The Kier molecular flexibility index (Phi) is 4.73. The summed E-state index contributed by atoms with van der Waals surface area (Å²) in [6.07, 6.45) is 5.44. The predicted octanol–water partition coefficient (Wildman–Crippen LogP) is 2.50. The molecule has 2 atom stereocenters.